The lowest BCUT2D eigenvalue weighted by Gasteiger charge is -2.37. The molecule has 0 spiro atoms. The third kappa shape index (κ3) is 7.12. The average molecular weight is 511 g/mol. The highest BCUT2D eigenvalue weighted by molar-refractivity contribution is 5.97. The molecule has 0 bridgehead atoms. The number of urea groups is 1. The Morgan fingerprint density at radius 3 is 2.68 bits per heavy atom. The van der Waals surface area contributed by atoms with Crippen LogP contribution >= 0.6 is 0 Å². The maximum Gasteiger partial charge on any atom is 0.321 e. The van der Waals surface area contributed by atoms with E-state index in [4.69, 9.17) is 9.47 Å². The molecule has 198 valence electrons. The van der Waals surface area contributed by atoms with Gasteiger partial charge < -0.3 is 34.8 Å². The molecule has 0 saturated heterocycles. The molecule has 1 aliphatic rings. The molecule has 0 unspecified atom stereocenters. The first-order chi connectivity index (χ1) is 17.6. The Bertz CT molecular complexity index is 1160. The van der Waals surface area contributed by atoms with E-state index in [-0.39, 0.29) is 42.5 Å². The number of benzene rings is 1. The van der Waals surface area contributed by atoms with Crippen molar-refractivity contribution in [3.63, 3.8) is 0 Å². The third-order valence-electron chi connectivity index (χ3n) is 6.09. The van der Waals surface area contributed by atoms with Crippen LogP contribution in [0.25, 0.3) is 0 Å². The van der Waals surface area contributed by atoms with Crippen molar-refractivity contribution in [2.45, 2.75) is 39.0 Å². The van der Waals surface area contributed by atoms with Gasteiger partial charge in [0.05, 0.1) is 26.3 Å². The molecule has 10 heteroatoms. The van der Waals surface area contributed by atoms with Gasteiger partial charge in [-0.25, -0.2) is 9.78 Å². The minimum atomic E-state index is -0.829. The zero-order valence-electron chi connectivity index (χ0n) is 21.8. The van der Waals surface area contributed by atoms with Gasteiger partial charge in [0, 0.05) is 37.0 Å². The second-order valence-corrected chi connectivity index (χ2v) is 9.18. The summed E-state index contributed by atoms with van der Waals surface area (Å²) in [6.07, 6.45) is 0.156. The Balaban J connectivity index is 1.85. The van der Waals surface area contributed by atoms with Gasteiger partial charge in [0.1, 0.15) is 23.5 Å². The molecule has 3 amide bonds. The van der Waals surface area contributed by atoms with Gasteiger partial charge in [-0.05, 0) is 44.2 Å². The Morgan fingerprint density at radius 1 is 1.35 bits per heavy atom. The Morgan fingerprint density at radius 2 is 2.05 bits per heavy atom. The quantitative estimate of drug-likeness (QED) is 0.509. The van der Waals surface area contributed by atoms with Gasteiger partial charge in [-0.15, -0.1) is 0 Å². The van der Waals surface area contributed by atoms with E-state index in [1.54, 1.807) is 63.2 Å². The van der Waals surface area contributed by atoms with Gasteiger partial charge in [-0.3, -0.25) is 4.79 Å². The summed E-state index contributed by atoms with van der Waals surface area (Å²) in [4.78, 5) is 33.7. The molecule has 3 rings (SSSR count). The van der Waals surface area contributed by atoms with Crippen molar-refractivity contribution >= 4 is 17.6 Å². The first-order valence-electron chi connectivity index (χ1n) is 12.1. The molecule has 2 heterocycles. The molecule has 4 atom stereocenters. The summed E-state index contributed by atoms with van der Waals surface area (Å²) in [5.41, 5.74) is 1.28. The average Bonchev–Trinajstić information content (AvgIpc) is 2.89. The van der Waals surface area contributed by atoms with Crippen molar-refractivity contribution in [1.29, 1.82) is 0 Å². The largest absolute Gasteiger partial charge is 0.497 e. The van der Waals surface area contributed by atoms with Crippen LogP contribution in [0.3, 0.4) is 0 Å². The van der Waals surface area contributed by atoms with Gasteiger partial charge in [-0.1, -0.05) is 18.8 Å². The highest BCUT2D eigenvalue weighted by Gasteiger charge is 2.34. The summed E-state index contributed by atoms with van der Waals surface area (Å²) >= 11 is 0. The first kappa shape index (κ1) is 27.8. The lowest BCUT2D eigenvalue weighted by atomic mass is 10.00. The van der Waals surface area contributed by atoms with Gasteiger partial charge in [0.25, 0.3) is 5.91 Å². The summed E-state index contributed by atoms with van der Waals surface area (Å²) in [7, 11) is 3.24. The van der Waals surface area contributed by atoms with E-state index >= 15 is 0 Å². The number of nitrogens with one attached hydrogen (secondary N) is 1. The fourth-order valence-electron chi connectivity index (χ4n) is 3.82. The number of aromatic nitrogens is 1. The number of carbonyl (C=O) groups excluding carboxylic acids is 2. The number of aliphatic hydroxyl groups is 2. The number of hydrogen-bond acceptors (Lipinski definition) is 7. The SMILES string of the molecule is COc1ccc(NC(=O)N(C)C[C@H]2Oc3ncc(C#C[C@H](C)O)cc3C(=O)N([C@@H](C)CO)C[C@H]2C)cc1. The van der Waals surface area contributed by atoms with E-state index in [9.17, 15) is 19.8 Å². The molecular formula is C27H34N4O6. The minimum Gasteiger partial charge on any atom is -0.497 e. The molecule has 1 aromatic heterocycles. The molecule has 0 saturated carbocycles. The van der Waals surface area contributed by atoms with Crippen LogP contribution in [-0.2, 0) is 0 Å². The number of fused-ring (bicyclic) bond motifs is 1. The summed E-state index contributed by atoms with van der Waals surface area (Å²) in [6, 6.07) is 7.82. The van der Waals surface area contributed by atoms with E-state index in [1.807, 2.05) is 6.92 Å². The van der Waals surface area contributed by atoms with Crippen LogP contribution in [0, 0.1) is 17.8 Å². The van der Waals surface area contributed by atoms with E-state index < -0.39 is 18.2 Å². The lowest BCUT2D eigenvalue weighted by molar-refractivity contribution is 0.0356. The van der Waals surface area contributed by atoms with Crippen molar-refractivity contribution in [3.05, 3.63) is 47.7 Å². The van der Waals surface area contributed by atoms with Crippen LogP contribution in [0.1, 0.15) is 36.7 Å². The number of likely N-dealkylation sites (N-methyl/N-ethyl adjacent to an activating group) is 1. The smallest absolute Gasteiger partial charge is 0.321 e. The molecule has 3 N–H and O–H groups in total. The van der Waals surface area contributed by atoms with Crippen LogP contribution in [0.2, 0.25) is 0 Å². The van der Waals surface area contributed by atoms with Crippen LogP contribution < -0.4 is 14.8 Å². The molecule has 2 aromatic rings. The van der Waals surface area contributed by atoms with Crippen molar-refractivity contribution in [1.82, 2.24) is 14.8 Å². The van der Waals surface area contributed by atoms with Crippen LogP contribution in [0.15, 0.2) is 36.5 Å². The number of anilines is 1. The van der Waals surface area contributed by atoms with Crippen LogP contribution in [0.5, 0.6) is 11.6 Å². The van der Waals surface area contributed by atoms with Gasteiger partial charge in [0.15, 0.2) is 0 Å². The number of rotatable bonds is 6. The number of hydrogen-bond donors (Lipinski definition) is 3. The van der Waals surface area contributed by atoms with Crippen molar-refractivity contribution in [2.75, 3.05) is 39.2 Å². The van der Waals surface area contributed by atoms with Crippen molar-refractivity contribution < 1.29 is 29.3 Å². The Hall–Kier alpha value is -3.81. The minimum absolute atomic E-state index is 0.128. The normalized spacial score (nSPS) is 18.7. The Kier molecular flexibility index (Phi) is 9.33. The van der Waals surface area contributed by atoms with E-state index in [0.717, 1.165) is 0 Å². The number of aliphatic hydroxyl groups excluding tert-OH is 2. The Labute approximate surface area is 217 Å². The number of carbonyl (C=O) groups is 2. The topological polar surface area (TPSA) is 124 Å². The predicted molar refractivity (Wildman–Crippen MR) is 139 cm³/mol. The molecule has 37 heavy (non-hydrogen) atoms. The van der Waals surface area contributed by atoms with Gasteiger partial charge >= 0.3 is 6.03 Å². The van der Waals surface area contributed by atoms with E-state index in [0.29, 0.717) is 23.5 Å². The van der Waals surface area contributed by atoms with Gasteiger partial charge in [0.2, 0.25) is 5.88 Å². The molecular weight excluding hydrogens is 476 g/mol. The van der Waals surface area contributed by atoms with E-state index in [1.165, 1.54) is 11.1 Å². The maximum atomic E-state index is 13.4. The van der Waals surface area contributed by atoms with Gasteiger partial charge in [-0.2, -0.15) is 0 Å². The van der Waals surface area contributed by atoms with Crippen LogP contribution in [0.4, 0.5) is 10.5 Å². The zero-order chi connectivity index (χ0) is 27.1. The van der Waals surface area contributed by atoms with Crippen molar-refractivity contribution in [2.24, 2.45) is 5.92 Å². The highest BCUT2D eigenvalue weighted by atomic mass is 16.5. The number of nitrogens with zero attached hydrogens (tertiary/aromatic N) is 3. The van der Waals surface area contributed by atoms with E-state index in [2.05, 4.69) is 22.1 Å². The second kappa shape index (κ2) is 12.4. The number of ether oxygens (including phenoxy) is 2. The number of methoxy groups -OCH3 is 1. The fraction of sp³-hybridized carbons (Fsp3) is 0.444. The molecule has 1 aromatic carbocycles. The van der Waals surface area contributed by atoms with Crippen molar-refractivity contribution in [3.8, 4) is 23.5 Å². The highest BCUT2D eigenvalue weighted by Crippen LogP contribution is 2.27. The molecule has 0 aliphatic carbocycles. The summed E-state index contributed by atoms with van der Waals surface area (Å²) in [5.74, 6) is 5.74. The standard InChI is InChI=1S/C27H34N4O6/c1-17-14-31(18(2)16-32)26(34)23-12-20(7-6-19(3)33)13-28-25(23)37-24(17)15-30(4)27(35)29-21-8-10-22(36-5)11-9-21/h8-13,17-19,24,32-33H,14-16H2,1-5H3,(H,29,35)/t17-,18+,19+,24-/m1/s1. The summed E-state index contributed by atoms with van der Waals surface area (Å²) in [6.45, 7) is 5.56. The molecule has 10 nitrogen and oxygen atoms in total. The number of pyridine rings is 1. The summed E-state index contributed by atoms with van der Waals surface area (Å²) < 4.78 is 11.4. The first-order valence-corrected chi connectivity index (χ1v) is 12.1. The fourth-order valence-corrected chi connectivity index (χ4v) is 3.82. The lowest BCUT2D eigenvalue weighted by Crippen LogP contribution is -2.50. The summed E-state index contributed by atoms with van der Waals surface area (Å²) in [5, 5.41) is 22.1. The molecule has 0 fully saturated rings. The monoisotopic (exact) mass is 510 g/mol. The zero-order valence-corrected chi connectivity index (χ0v) is 21.8. The molecule has 0 radical (unpaired) electrons. The second-order valence-electron chi connectivity index (χ2n) is 9.18. The predicted octanol–water partition coefficient (Wildman–Crippen LogP) is 2.21. The molecule has 1 aliphatic heterocycles. The third-order valence-corrected chi connectivity index (χ3v) is 6.09. The maximum absolute atomic E-state index is 13.4. The number of amides is 3. The van der Waals surface area contributed by atoms with Crippen LogP contribution in [-0.4, -0.2) is 89.0 Å².